The van der Waals surface area contributed by atoms with Crippen LogP contribution in [0.5, 0.6) is 0 Å². The van der Waals surface area contributed by atoms with Gasteiger partial charge in [0, 0.05) is 31.7 Å². The van der Waals surface area contributed by atoms with E-state index in [-0.39, 0.29) is 11.2 Å². The number of benzene rings is 1. The van der Waals surface area contributed by atoms with E-state index >= 15 is 0 Å². The van der Waals surface area contributed by atoms with Gasteiger partial charge in [-0.2, -0.15) is 0 Å². The van der Waals surface area contributed by atoms with E-state index in [1.165, 1.54) is 5.56 Å². The Morgan fingerprint density at radius 2 is 1.85 bits per heavy atom. The molecule has 2 heterocycles. The van der Waals surface area contributed by atoms with Crippen LogP contribution in [0.2, 0.25) is 0 Å². The van der Waals surface area contributed by atoms with Crippen molar-refractivity contribution in [2.24, 2.45) is 0 Å². The third-order valence-electron chi connectivity index (χ3n) is 4.19. The number of imidazole rings is 1. The lowest BCUT2D eigenvalue weighted by Crippen LogP contribution is -2.54. The minimum atomic E-state index is -0.140. The van der Waals surface area contributed by atoms with Crippen LogP contribution < -0.4 is 11.0 Å². The number of hydrogen-bond donors (Lipinski definition) is 3. The first-order valence-electron chi connectivity index (χ1n) is 7.21. The number of aromatic nitrogens is 2. The Hall–Kier alpha value is -1.59. The number of piperazine rings is 1. The molecule has 0 aliphatic carbocycles. The van der Waals surface area contributed by atoms with Crippen molar-refractivity contribution in [3.8, 4) is 0 Å². The highest BCUT2D eigenvalue weighted by atomic mass is 16.1. The first-order valence-corrected chi connectivity index (χ1v) is 7.21. The van der Waals surface area contributed by atoms with Gasteiger partial charge >= 0.3 is 5.69 Å². The summed E-state index contributed by atoms with van der Waals surface area (Å²) in [5.41, 5.74) is 3.02. The molecule has 2 aromatic rings. The number of nitrogens with one attached hydrogen (secondary N) is 3. The molecule has 1 aliphatic heterocycles. The molecule has 1 saturated heterocycles. The van der Waals surface area contributed by atoms with Crippen LogP contribution >= 0.6 is 0 Å². The summed E-state index contributed by atoms with van der Waals surface area (Å²) in [6.07, 6.45) is 0.982. The fraction of sp³-hybridized carbons (Fsp3) is 0.533. The van der Waals surface area contributed by atoms with Gasteiger partial charge in [0.1, 0.15) is 0 Å². The van der Waals surface area contributed by atoms with Crippen molar-refractivity contribution in [2.45, 2.75) is 25.8 Å². The summed E-state index contributed by atoms with van der Waals surface area (Å²) in [7, 11) is 0. The van der Waals surface area contributed by atoms with Crippen LogP contribution in [0, 0.1) is 0 Å². The van der Waals surface area contributed by atoms with Crippen molar-refractivity contribution in [1.82, 2.24) is 20.2 Å². The van der Waals surface area contributed by atoms with E-state index in [0.29, 0.717) is 0 Å². The van der Waals surface area contributed by atoms with Gasteiger partial charge in [-0.05, 0) is 38.0 Å². The maximum absolute atomic E-state index is 11.3. The SMILES string of the molecule is CC(C)(Cc1ccc2[nH]c(=O)[nH]c2c1)N1CCNCC1. The normalized spacial score (nSPS) is 17.7. The van der Waals surface area contributed by atoms with E-state index in [1.807, 2.05) is 6.07 Å². The maximum atomic E-state index is 11.3. The molecule has 0 spiro atoms. The highest BCUT2D eigenvalue weighted by Gasteiger charge is 2.27. The average Bonchev–Trinajstić information content (AvgIpc) is 2.79. The van der Waals surface area contributed by atoms with Crippen molar-refractivity contribution < 1.29 is 0 Å². The van der Waals surface area contributed by atoms with E-state index in [9.17, 15) is 4.79 Å². The molecule has 3 N–H and O–H groups in total. The molecule has 0 radical (unpaired) electrons. The predicted octanol–water partition coefficient (Wildman–Crippen LogP) is 1.08. The third-order valence-corrected chi connectivity index (χ3v) is 4.19. The van der Waals surface area contributed by atoms with Gasteiger partial charge in [-0.15, -0.1) is 0 Å². The zero-order chi connectivity index (χ0) is 14.2. The largest absolute Gasteiger partial charge is 0.323 e. The molecule has 1 aromatic heterocycles. The fourth-order valence-electron chi connectivity index (χ4n) is 3.07. The number of nitrogens with zero attached hydrogens (tertiary/aromatic N) is 1. The zero-order valence-electron chi connectivity index (χ0n) is 12.1. The van der Waals surface area contributed by atoms with Crippen molar-refractivity contribution >= 4 is 11.0 Å². The van der Waals surface area contributed by atoms with Crippen molar-refractivity contribution in [3.63, 3.8) is 0 Å². The van der Waals surface area contributed by atoms with E-state index in [4.69, 9.17) is 0 Å². The van der Waals surface area contributed by atoms with Crippen molar-refractivity contribution in [2.75, 3.05) is 26.2 Å². The van der Waals surface area contributed by atoms with Gasteiger partial charge in [0.25, 0.3) is 0 Å². The van der Waals surface area contributed by atoms with Gasteiger partial charge in [0.05, 0.1) is 11.0 Å². The number of aromatic amines is 2. The lowest BCUT2D eigenvalue weighted by molar-refractivity contribution is 0.104. The molecule has 1 aromatic carbocycles. The number of fused-ring (bicyclic) bond motifs is 1. The van der Waals surface area contributed by atoms with Gasteiger partial charge in [0.15, 0.2) is 0 Å². The Bertz CT molecular complexity index is 649. The number of rotatable bonds is 3. The summed E-state index contributed by atoms with van der Waals surface area (Å²) in [5.74, 6) is 0. The zero-order valence-corrected chi connectivity index (χ0v) is 12.1. The second-order valence-corrected chi connectivity index (χ2v) is 6.19. The molecule has 0 atom stereocenters. The summed E-state index contributed by atoms with van der Waals surface area (Å²) in [4.78, 5) is 19.5. The molecular weight excluding hydrogens is 252 g/mol. The van der Waals surface area contributed by atoms with E-state index in [1.54, 1.807) is 0 Å². The molecule has 0 bridgehead atoms. The van der Waals surface area contributed by atoms with Crippen LogP contribution in [0.3, 0.4) is 0 Å². The van der Waals surface area contributed by atoms with Gasteiger partial charge in [-0.1, -0.05) is 6.07 Å². The lowest BCUT2D eigenvalue weighted by atomic mass is 9.92. The Balaban J connectivity index is 1.81. The molecule has 3 rings (SSSR count). The number of H-pyrrole nitrogens is 2. The monoisotopic (exact) mass is 274 g/mol. The maximum Gasteiger partial charge on any atom is 0.323 e. The molecule has 1 aliphatic rings. The molecule has 5 nitrogen and oxygen atoms in total. The Morgan fingerprint density at radius 1 is 1.15 bits per heavy atom. The summed E-state index contributed by atoms with van der Waals surface area (Å²) < 4.78 is 0. The molecule has 0 amide bonds. The Morgan fingerprint density at radius 3 is 2.60 bits per heavy atom. The van der Waals surface area contributed by atoms with Gasteiger partial charge in [-0.25, -0.2) is 4.79 Å². The van der Waals surface area contributed by atoms with Crippen LogP contribution in [0.1, 0.15) is 19.4 Å². The van der Waals surface area contributed by atoms with Crippen LogP contribution in [-0.2, 0) is 6.42 Å². The minimum absolute atomic E-state index is 0.131. The second kappa shape index (κ2) is 5.07. The standard InChI is InChI=1S/C15H22N4O/c1-15(2,19-7-5-16-6-8-19)10-11-3-4-12-13(9-11)18-14(20)17-12/h3-4,9,16H,5-8,10H2,1-2H3,(H2,17,18,20). The third kappa shape index (κ3) is 2.64. The van der Waals surface area contributed by atoms with Gasteiger partial charge in [-0.3, -0.25) is 4.90 Å². The molecule has 20 heavy (non-hydrogen) atoms. The lowest BCUT2D eigenvalue weighted by Gasteiger charge is -2.41. The van der Waals surface area contributed by atoms with Crippen LogP contribution in [0.25, 0.3) is 11.0 Å². The predicted molar refractivity (Wildman–Crippen MR) is 81.1 cm³/mol. The van der Waals surface area contributed by atoms with Crippen LogP contribution in [0.15, 0.2) is 23.0 Å². The summed E-state index contributed by atoms with van der Waals surface area (Å²) in [6.45, 7) is 8.90. The average molecular weight is 274 g/mol. The molecule has 0 unspecified atom stereocenters. The first-order chi connectivity index (χ1) is 9.54. The minimum Gasteiger partial charge on any atom is -0.314 e. The van der Waals surface area contributed by atoms with Crippen LogP contribution in [-0.4, -0.2) is 46.6 Å². The first kappa shape index (κ1) is 13.4. The smallest absolute Gasteiger partial charge is 0.314 e. The molecule has 1 fully saturated rings. The van der Waals surface area contributed by atoms with Gasteiger partial charge < -0.3 is 15.3 Å². The molecule has 5 heteroatoms. The Labute approximate surface area is 118 Å². The van der Waals surface area contributed by atoms with Crippen molar-refractivity contribution in [3.05, 3.63) is 34.2 Å². The molecular formula is C15H22N4O. The number of hydrogen-bond acceptors (Lipinski definition) is 3. The van der Waals surface area contributed by atoms with Crippen LogP contribution in [0.4, 0.5) is 0 Å². The van der Waals surface area contributed by atoms with E-state index in [0.717, 1.165) is 43.6 Å². The second-order valence-electron chi connectivity index (χ2n) is 6.19. The topological polar surface area (TPSA) is 63.9 Å². The summed E-state index contributed by atoms with van der Waals surface area (Å²) >= 11 is 0. The summed E-state index contributed by atoms with van der Waals surface area (Å²) in [5, 5.41) is 3.39. The molecule has 0 saturated carbocycles. The van der Waals surface area contributed by atoms with E-state index < -0.39 is 0 Å². The summed E-state index contributed by atoms with van der Waals surface area (Å²) in [6, 6.07) is 6.17. The molecule has 108 valence electrons. The quantitative estimate of drug-likeness (QED) is 0.785. The highest BCUT2D eigenvalue weighted by molar-refractivity contribution is 5.75. The Kier molecular flexibility index (Phi) is 3.40. The van der Waals surface area contributed by atoms with Crippen molar-refractivity contribution in [1.29, 1.82) is 0 Å². The van der Waals surface area contributed by atoms with Gasteiger partial charge in [0.2, 0.25) is 0 Å². The highest BCUT2D eigenvalue weighted by Crippen LogP contribution is 2.22. The van der Waals surface area contributed by atoms with E-state index in [2.05, 4.69) is 46.2 Å². The fourth-order valence-corrected chi connectivity index (χ4v) is 3.07.